The molecule has 0 aliphatic heterocycles. The first-order valence-electron chi connectivity index (χ1n) is 5.81. The molecule has 2 rings (SSSR count). The molecule has 1 atom stereocenters. The molecule has 4 nitrogen and oxygen atoms in total. The molecule has 0 N–H and O–H groups in total. The Bertz CT molecular complexity index is 696. The van der Waals surface area contributed by atoms with E-state index >= 15 is 0 Å². The van der Waals surface area contributed by atoms with Gasteiger partial charge in [0.05, 0.1) is 10.8 Å². The summed E-state index contributed by atoms with van der Waals surface area (Å²) in [5, 5.41) is 3.89. The predicted molar refractivity (Wildman–Crippen MR) is 68.1 cm³/mol. The molecule has 0 aliphatic rings. The number of alkyl halides is 3. The zero-order valence-corrected chi connectivity index (χ0v) is 11.9. The van der Waals surface area contributed by atoms with Crippen LogP contribution in [0, 0.1) is 19.7 Å². The topological polar surface area (TPSA) is 47.8 Å². The van der Waals surface area contributed by atoms with E-state index in [4.69, 9.17) is 0 Å². The summed E-state index contributed by atoms with van der Waals surface area (Å²) in [6, 6.07) is 2.15. The van der Waals surface area contributed by atoms with Gasteiger partial charge in [-0.2, -0.15) is 18.3 Å². The molecule has 21 heavy (non-hydrogen) atoms. The van der Waals surface area contributed by atoms with Gasteiger partial charge in [0.25, 0.3) is 0 Å². The van der Waals surface area contributed by atoms with Gasteiger partial charge in [-0.25, -0.2) is 14.1 Å². The molecule has 1 heterocycles. The van der Waals surface area contributed by atoms with Crippen LogP contribution in [0.4, 0.5) is 17.6 Å². The van der Waals surface area contributed by atoms with E-state index in [0.29, 0.717) is 5.82 Å². The molecular weight excluding hydrogens is 310 g/mol. The SMILES string of the molecule is Cc1ncn(-c2cc(S(=O)CC(F)(F)F)c(C)cc2F)n1. The van der Waals surface area contributed by atoms with Crippen molar-refractivity contribution in [1.29, 1.82) is 0 Å². The summed E-state index contributed by atoms with van der Waals surface area (Å²) in [5.41, 5.74) is 0.0994. The van der Waals surface area contributed by atoms with E-state index in [1.54, 1.807) is 6.92 Å². The highest BCUT2D eigenvalue weighted by atomic mass is 32.2. The lowest BCUT2D eigenvalue weighted by molar-refractivity contribution is -0.105. The Hall–Kier alpha value is -1.77. The maximum atomic E-state index is 13.9. The molecule has 2 aromatic rings. The van der Waals surface area contributed by atoms with Gasteiger partial charge in [0.1, 0.15) is 29.4 Å². The number of nitrogens with zero attached hydrogens (tertiary/aromatic N) is 3. The second-order valence-electron chi connectivity index (χ2n) is 4.41. The number of aryl methyl sites for hydroxylation is 2. The standard InChI is InChI=1S/C12H11F4N3OS/c1-7-3-9(13)10(19-6-17-8(2)18-19)4-11(7)21(20)5-12(14,15)16/h3-4,6H,5H2,1-2H3. The number of benzene rings is 1. The van der Waals surface area contributed by atoms with Crippen molar-refractivity contribution in [2.75, 3.05) is 5.75 Å². The molecule has 9 heteroatoms. The molecule has 0 amide bonds. The van der Waals surface area contributed by atoms with Gasteiger partial charge in [-0.15, -0.1) is 0 Å². The highest BCUT2D eigenvalue weighted by Gasteiger charge is 2.32. The summed E-state index contributed by atoms with van der Waals surface area (Å²) in [5.74, 6) is -1.77. The number of hydrogen-bond donors (Lipinski definition) is 0. The zero-order chi connectivity index (χ0) is 15.8. The van der Waals surface area contributed by atoms with Crippen molar-refractivity contribution in [3.8, 4) is 5.69 Å². The average molecular weight is 321 g/mol. The Morgan fingerprint density at radius 3 is 2.48 bits per heavy atom. The summed E-state index contributed by atoms with van der Waals surface area (Å²) in [7, 11) is -2.30. The molecule has 0 fully saturated rings. The maximum Gasteiger partial charge on any atom is 0.400 e. The van der Waals surface area contributed by atoms with Crippen LogP contribution in [-0.4, -0.2) is 30.9 Å². The van der Waals surface area contributed by atoms with Crippen LogP contribution in [0.25, 0.3) is 5.69 Å². The van der Waals surface area contributed by atoms with E-state index in [9.17, 15) is 21.8 Å². The van der Waals surface area contributed by atoms with Crippen LogP contribution < -0.4 is 0 Å². The summed E-state index contributed by atoms with van der Waals surface area (Å²) >= 11 is 0. The summed E-state index contributed by atoms with van der Waals surface area (Å²) in [4.78, 5) is 3.75. The van der Waals surface area contributed by atoms with E-state index in [0.717, 1.165) is 16.8 Å². The third kappa shape index (κ3) is 3.66. The fourth-order valence-corrected chi connectivity index (χ4v) is 2.87. The molecule has 0 spiro atoms. The minimum Gasteiger partial charge on any atom is -0.254 e. The second-order valence-corrected chi connectivity index (χ2v) is 5.83. The molecule has 1 aromatic heterocycles. The van der Waals surface area contributed by atoms with Crippen molar-refractivity contribution >= 4 is 10.8 Å². The lowest BCUT2D eigenvalue weighted by Gasteiger charge is -2.11. The molecule has 0 saturated heterocycles. The van der Waals surface area contributed by atoms with E-state index < -0.39 is 28.5 Å². The Balaban J connectivity index is 2.46. The van der Waals surface area contributed by atoms with Crippen LogP contribution in [0.5, 0.6) is 0 Å². The van der Waals surface area contributed by atoms with Gasteiger partial charge in [-0.1, -0.05) is 0 Å². The molecule has 1 aromatic carbocycles. The largest absolute Gasteiger partial charge is 0.400 e. The zero-order valence-electron chi connectivity index (χ0n) is 11.1. The summed E-state index contributed by atoms with van der Waals surface area (Å²) < 4.78 is 63.8. The third-order valence-electron chi connectivity index (χ3n) is 2.64. The predicted octanol–water partition coefficient (Wildman–Crippen LogP) is 2.69. The summed E-state index contributed by atoms with van der Waals surface area (Å²) in [6.07, 6.45) is -3.32. The first-order valence-corrected chi connectivity index (χ1v) is 7.13. The first-order chi connectivity index (χ1) is 9.67. The van der Waals surface area contributed by atoms with Crippen LogP contribution >= 0.6 is 0 Å². The van der Waals surface area contributed by atoms with E-state index in [1.165, 1.54) is 13.3 Å². The Kier molecular flexibility index (Phi) is 4.13. The van der Waals surface area contributed by atoms with Crippen molar-refractivity contribution < 1.29 is 21.8 Å². The highest BCUT2D eigenvalue weighted by molar-refractivity contribution is 7.85. The number of hydrogen-bond acceptors (Lipinski definition) is 3. The monoisotopic (exact) mass is 321 g/mol. The van der Waals surface area contributed by atoms with Crippen LogP contribution in [0.3, 0.4) is 0 Å². The average Bonchev–Trinajstić information content (AvgIpc) is 2.73. The van der Waals surface area contributed by atoms with Crippen LogP contribution in [0.1, 0.15) is 11.4 Å². The normalized spacial score (nSPS) is 13.4. The molecule has 0 radical (unpaired) electrons. The van der Waals surface area contributed by atoms with Gasteiger partial charge in [0, 0.05) is 4.90 Å². The fraction of sp³-hybridized carbons (Fsp3) is 0.333. The van der Waals surface area contributed by atoms with Gasteiger partial charge < -0.3 is 0 Å². The van der Waals surface area contributed by atoms with Gasteiger partial charge in [-0.3, -0.25) is 4.21 Å². The van der Waals surface area contributed by atoms with Crippen LogP contribution in [-0.2, 0) is 10.8 Å². The van der Waals surface area contributed by atoms with Gasteiger partial charge >= 0.3 is 6.18 Å². The molecule has 114 valence electrons. The quantitative estimate of drug-likeness (QED) is 0.817. The number of halogens is 4. The molecule has 1 unspecified atom stereocenters. The van der Waals surface area contributed by atoms with E-state index in [-0.39, 0.29) is 16.1 Å². The third-order valence-corrected chi connectivity index (χ3v) is 4.16. The van der Waals surface area contributed by atoms with Crippen molar-refractivity contribution in [3.63, 3.8) is 0 Å². The number of rotatable bonds is 3. The lowest BCUT2D eigenvalue weighted by atomic mass is 10.2. The Labute approximate surface area is 120 Å². The highest BCUT2D eigenvalue weighted by Crippen LogP contribution is 2.25. The summed E-state index contributed by atoms with van der Waals surface area (Å²) in [6.45, 7) is 2.99. The molecule has 0 aliphatic carbocycles. The van der Waals surface area contributed by atoms with Gasteiger partial charge in [-0.05, 0) is 31.5 Å². The van der Waals surface area contributed by atoms with Gasteiger partial charge in [0.2, 0.25) is 0 Å². The molecule has 0 bridgehead atoms. The van der Waals surface area contributed by atoms with Crippen molar-refractivity contribution in [2.45, 2.75) is 24.9 Å². The van der Waals surface area contributed by atoms with E-state index in [2.05, 4.69) is 10.1 Å². The van der Waals surface area contributed by atoms with Crippen molar-refractivity contribution in [3.05, 3.63) is 35.7 Å². The van der Waals surface area contributed by atoms with Crippen molar-refractivity contribution in [1.82, 2.24) is 14.8 Å². The fourth-order valence-electron chi connectivity index (χ4n) is 1.75. The number of aromatic nitrogens is 3. The first kappa shape index (κ1) is 15.6. The maximum absolute atomic E-state index is 13.9. The second kappa shape index (κ2) is 5.55. The van der Waals surface area contributed by atoms with E-state index in [1.807, 2.05) is 0 Å². The Morgan fingerprint density at radius 2 is 1.95 bits per heavy atom. The van der Waals surface area contributed by atoms with Crippen molar-refractivity contribution in [2.24, 2.45) is 0 Å². The van der Waals surface area contributed by atoms with Crippen LogP contribution in [0.15, 0.2) is 23.4 Å². The lowest BCUT2D eigenvalue weighted by Crippen LogP contribution is -2.19. The molecular formula is C12H11F4N3OS. The Morgan fingerprint density at radius 1 is 1.29 bits per heavy atom. The minimum absolute atomic E-state index is 0.0723. The smallest absolute Gasteiger partial charge is 0.254 e. The van der Waals surface area contributed by atoms with Crippen LogP contribution in [0.2, 0.25) is 0 Å². The molecule has 0 saturated carbocycles. The minimum atomic E-state index is -4.56. The van der Waals surface area contributed by atoms with Gasteiger partial charge in [0.15, 0.2) is 0 Å².